The van der Waals surface area contributed by atoms with E-state index in [1.165, 1.54) is 0 Å². The second kappa shape index (κ2) is 10.7. The van der Waals surface area contributed by atoms with Gasteiger partial charge < -0.3 is 19.9 Å². The van der Waals surface area contributed by atoms with Gasteiger partial charge >= 0.3 is 6.43 Å². The first kappa shape index (κ1) is 23.7. The number of aromatic nitrogens is 3. The summed E-state index contributed by atoms with van der Waals surface area (Å²) in [5.41, 5.74) is 4.10. The van der Waals surface area contributed by atoms with Gasteiger partial charge in [-0.15, -0.1) is 0 Å². The van der Waals surface area contributed by atoms with Crippen LogP contribution in [0.15, 0.2) is 42.7 Å². The first-order valence-electron chi connectivity index (χ1n) is 11.4. The molecular formula is C24H28F2N6O2. The Hall–Kier alpha value is -3.40. The van der Waals surface area contributed by atoms with Gasteiger partial charge in [-0.3, -0.25) is 9.78 Å². The molecule has 180 valence electrons. The van der Waals surface area contributed by atoms with Crippen LogP contribution in [0.2, 0.25) is 0 Å². The van der Waals surface area contributed by atoms with E-state index in [1.807, 2.05) is 18.2 Å². The Morgan fingerprint density at radius 1 is 1.21 bits per heavy atom. The van der Waals surface area contributed by atoms with Crippen LogP contribution in [-0.2, 0) is 9.53 Å². The smallest absolute Gasteiger partial charge is 0.315 e. The zero-order valence-electron chi connectivity index (χ0n) is 19.2. The fourth-order valence-electron chi connectivity index (χ4n) is 4.07. The average Bonchev–Trinajstić information content (AvgIpc) is 2.88. The molecule has 1 N–H and O–H groups in total. The average molecular weight is 471 g/mol. The molecule has 1 aromatic carbocycles. The van der Waals surface area contributed by atoms with Crippen LogP contribution in [-0.4, -0.2) is 77.6 Å². The lowest BCUT2D eigenvalue weighted by Gasteiger charge is -2.32. The highest BCUT2D eigenvalue weighted by atomic mass is 19.3. The van der Waals surface area contributed by atoms with Crippen molar-refractivity contribution in [2.45, 2.75) is 26.4 Å². The molecule has 34 heavy (non-hydrogen) atoms. The molecule has 3 heterocycles. The lowest BCUT2D eigenvalue weighted by atomic mass is 10.1. The molecule has 1 unspecified atom stereocenters. The highest BCUT2D eigenvalue weighted by Gasteiger charge is 2.29. The first-order chi connectivity index (χ1) is 16.5. The molecule has 0 spiro atoms. The minimum atomic E-state index is -3.02. The van der Waals surface area contributed by atoms with Crippen LogP contribution in [0.4, 0.5) is 20.3 Å². The number of hydrogen-bond donors (Lipinski definition) is 1. The van der Waals surface area contributed by atoms with Crippen molar-refractivity contribution in [3.05, 3.63) is 42.7 Å². The molecule has 2 aromatic heterocycles. The molecule has 0 saturated carbocycles. The number of carbonyl (C=O) groups is 1. The van der Waals surface area contributed by atoms with E-state index in [9.17, 15) is 13.6 Å². The van der Waals surface area contributed by atoms with Gasteiger partial charge in [-0.1, -0.05) is 12.1 Å². The first-order valence-corrected chi connectivity index (χ1v) is 11.4. The van der Waals surface area contributed by atoms with Crippen molar-refractivity contribution >= 4 is 28.4 Å². The van der Waals surface area contributed by atoms with Crippen molar-refractivity contribution in [2.24, 2.45) is 0 Å². The number of fused-ring (bicyclic) bond motifs is 1. The summed E-state index contributed by atoms with van der Waals surface area (Å²) in [6, 6.07) is 10.1. The molecule has 1 fully saturated rings. The van der Waals surface area contributed by atoms with E-state index >= 15 is 0 Å². The lowest BCUT2D eigenvalue weighted by molar-refractivity contribution is -0.149. The highest BCUT2D eigenvalue weighted by molar-refractivity contribution is 5.88. The summed E-state index contributed by atoms with van der Waals surface area (Å²) in [4.78, 5) is 28.7. The molecular weight excluding hydrogens is 442 g/mol. The predicted molar refractivity (Wildman–Crippen MR) is 127 cm³/mol. The molecule has 3 aromatic rings. The highest BCUT2D eigenvalue weighted by Crippen LogP contribution is 2.27. The van der Waals surface area contributed by atoms with E-state index in [0.29, 0.717) is 16.9 Å². The number of anilines is 2. The molecule has 4 rings (SSSR count). The number of alkyl halides is 2. The summed E-state index contributed by atoms with van der Waals surface area (Å²) < 4.78 is 31.3. The zero-order valence-corrected chi connectivity index (χ0v) is 19.2. The van der Waals surface area contributed by atoms with Gasteiger partial charge in [0.05, 0.1) is 23.9 Å². The Balaban J connectivity index is 1.55. The maximum absolute atomic E-state index is 12.8. The fraction of sp³-hybridized carbons (Fsp3) is 0.417. The normalized spacial score (nSPS) is 16.1. The van der Waals surface area contributed by atoms with Crippen molar-refractivity contribution in [1.82, 2.24) is 19.9 Å². The van der Waals surface area contributed by atoms with Crippen LogP contribution < -0.4 is 10.2 Å². The van der Waals surface area contributed by atoms with E-state index in [1.54, 1.807) is 12.4 Å². The number of pyridine rings is 1. The summed E-state index contributed by atoms with van der Waals surface area (Å²) in [6.07, 6.45) is -0.245. The topological polar surface area (TPSA) is 83.5 Å². The number of nitrogens with one attached hydrogen (secondary N) is 1. The third kappa shape index (κ3) is 5.22. The van der Waals surface area contributed by atoms with Crippen LogP contribution in [0.5, 0.6) is 0 Å². The van der Waals surface area contributed by atoms with Crippen LogP contribution in [0.1, 0.15) is 13.8 Å². The molecule has 1 amide bonds. The molecule has 0 bridgehead atoms. The van der Waals surface area contributed by atoms with Gasteiger partial charge in [0, 0.05) is 56.4 Å². The summed E-state index contributed by atoms with van der Waals surface area (Å²) in [6.45, 7) is 6.84. The van der Waals surface area contributed by atoms with Crippen molar-refractivity contribution in [3.63, 3.8) is 0 Å². The number of carbonyl (C=O) groups excluding carboxylic acids is 1. The lowest BCUT2D eigenvalue weighted by Crippen LogP contribution is -2.49. The van der Waals surface area contributed by atoms with E-state index < -0.39 is 18.4 Å². The number of halogens is 2. The molecule has 1 aliphatic heterocycles. The van der Waals surface area contributed by atoms with E-state index in [4.69, 9.17) is 9.72 Å². The van der Waals surface area contributed by atoms with Gasteiger partial charge in [-0.2, -0.15) is 8.78 Å². The Kier molecular flexibility index (Phi) is 7.46. The van der Waals surface area contributed by atoms with Crippen LogP contribution in [0.25, 0.3) is 22.3 Å². The van der Waals surface area contributed by atoms with Gasteiger partial charge in [-0.25, -0.2) is 9.97 Å². The minimum absolute atomic E-state index is 0.0896. The monoisotopic (exact) mass is 470 g/mol. The zero-order chi connectivity index (χ0) is 24.1. The summed E-state index contributed by atoms with van der Waals surface area (Å²) in [5.74, 6) is -0.646. The molecule has 0 radical (unpaired) electrons. The summed E-state index contributed by atoms with van der Waals surface area (Å²) in [7, 11) is 0. The number of amides is 1. The summed E-state index contributed by atoms with van der Waals surface area (Å²) in [5, 5.41) is 3.23. The second-order valence-corrected chi connectivity index (χ2v) is 7.96. The quantitative estimate of drug-likeness (QED) is 0.540. The van der Waals surface area contributed by atoms with Crippen molar-refractivity contribution in [1.29, 1.82) is 0 Å². The largest absolute Gasteiger partial charge is 0.373 e. The van der Waals surface area contributed by atoms with Crippen molar-refractivity contribution in [3.8, 4) is 11.3 Å². The van der Waals surface area contributed by atoms with Crippen molar-refractivity contribution in [2.75, 3.05) is 49.5 Å². The standard InChI is InChI=1S/C24H28F2N6O2/c1-3-31(4-2)17-7-5-16(6-8-17)19-13-20-21(28-10-9-27-20)23(30-19)29-14-18-15-32(11-12-34-18)24(33)22(25)26/h5-10,13,18,22H,3-4,11-12,14-15H2,1-2H3,(H,29,30). The van der Waals surface area contributed by atoms with E-state index in [0.717, 1.165) is 34.9 Å². The molecule has 0 aliphatic carbocycles. The number of benzene rings is 1. The molecule has 8 nitrogen and oxygen atoms in total. The number of ether oxygens (including phenoxy) is 1. The fourth-order valence-corrected chi connectivity index (χ4v) is 4.07. The Morgan fingerprint density at radius 2 is 1.94 bits per heavy atom. The third-order valence-electron chi connectivity index (χ3n) is 5.88. The van der Waals surface area contributed by atoms with Gasteiger partial charge in [0.15, 0.2) is 5.82 Å². The van der Waals surface area contributed by atoms with Crippen molar-refractivity contribution < 1.29 is 18.3 Å². The predicted octanol–water partition coefficient (Wildman–Crippen LogP) is 3.44. The van der Waals surface area contributed by atoms with Crippen LogP contribution >= 0.6 is 0 Å². The second-order valence-electron chi connectivity index (χ2n) is 7.96. The Bertz CT molecular complexity index is 1120. The third-order valence-corrected chi connectivity index (χ3v) is 5.88. The van der Waals surface area contributed by atoms with Gasteiger partial charge in [0.25, 0.3) is 5.91 Å². The minimum Gasteiger partial charge on any atom is -0.373 e. The van der Waals surface area contributed by atoms with Crippen LogP contribution in [0, 0.1) is 0 Å². The number of morpholine rings is 1. The molecule has 1 saturated heterocycles. The Morgan fingerprint density at radius 3 is 2.65 bits per heavy atom. The number of nitrogens with zero attached hydrogens (tertiary/aromatic N) is 5. The molecule has 10 heteroatoms. The van der Waals surface area contributed by atoms with E-state index in [-0.39, 0.29) is 26.2 Å². The number of rotatable bonds is 8. The van der Waals surface area contributed by atoms with Gasteiger partial charge in [0.1, 0.15) is 5.52 Å². The summed E-state index contributed by atoms with van der Waals surface area (Å²) >= 11 is 0. The molecule has 1 atom stereocenters. The maximum atomic E-state index is 12.8. The number of hydrogen-bond acceptors (Lipinski definition) is 7. The van der Waals surface area contributed by atoms with Gasteiger partial charge in [-0.05, 0) is 32.0 Å². The Labute approximate surface area is 197 Å². The SMILES string of the molecule is CCN(CC)c1ccc(-c2cc3nccnc3c(NCC3CN(C(=O)C(F)F)CCO3)n2)cc1. The van der Waals surface area contributed by atoms with Gasteiger partial charge in [0.2, 0.25) is 0 Å². The van der Waals surface area contributed by atoms with Crippen LogP contribution in [0.3, 0.4) is 0 Å². The maximum Gasteiger partial charge on any atom is 0.315 e. The van der Waals surface area contributed by atoms with E-state index in [2.05, 4.69) is 46.2 Å². The molecule has 1 aliphatic rings.